The number of hydrogen-bond donors (Lipinski definition) is 1. The van der Waals surface area contributed by atoms with Gasteiger partial charge in [-0.3, -0.25) is 9.69 Å². The van der Waals surface area contributed by atoms with Crippen molar-refractivity contribution in [2.45, 2.75) is 19.4 Å². The lowest BCUT2D eigenvalue weighted by atomic mass is 10.00. The van der Waals surface area contributed by atoms with Gasteiger partial charge in [-0.05, 0) is 55.3 Å². The summed E-state index contributed by atoms with van der Waals surface area (Å²) in [5.41, 5.74) is 3.11. The SMILES string of the molecule is Cc1ncc2c(n1)N(CCN1CCN(C(=O)/C=C/c3ccccc3)CC1)CCC2Nc1cccc(Oc2cccc(Cl)c2)c1. The van der Waals surface area contributed by atoms with Crippen molar-refractivity contribution in [3.05, 3.63) is 113 Å². The number of nitrogens with one attached hydrogen (secondary N) is 1. The predicted octanol–water partition coefficient (Wildman–Crippen LogP) is 6.45. The third-order valence-electron chi connectivity index (χ3n) is 8.07. The van der Waals surface area contributed by atoms with E-state index in [1.165, 1.54) is 0 Å². The Bertz CT molecular complexity index is 1610. The standard InChI is InChI=1S/C35H37ClN6O2/c1-26-37-25-32-33(39-29-10-6-12-31(24-29)44-30-11-5-9-28(36)23-30)15-16-42(35(32)38-26)22-19-40-17-20-41(21-18-40)34(43)14-13-27-7-3-2-4-8-27/h2-14,23-25,33,39H,15-22H2,1H3/b14-13+. The average Bonchev–Trinajstić information content (AvgIpc) is 3.04. The summed E-state index contributed by atoms with van der Waals surface area (Å²) in [6, 6.07) is 25.4. The Morgan fingerprint density at radius 3 is 2.52 bits per heavy atom. The van der Waals surface area contributed by atoms with Crippen molar-refractivity contribution in [2.75, 3.05) is 56.0 Å². The van der Waals surface area contributed by atoms with E-state index in [1.54, 1.807) is 12.1 Å². The second-order valence-corrected chi connectivity index (χ2v) is 11.6. The number of rotatable bonds is 9. The van der Waals surface area contributed by atoms with Gasteiger partial charge in [-0.15, -0.1) is 0 Å². The van der Waals surface area contributed by atoms with Crippen molar-refractivity contribution in [3.8, 4) is 11.5 Å². The number of anilines is 2. The first-order valence-electron chi connectivity index (χ1n) is 15.1. The molecule has 1 saturated heterocycles. The largest absolute Gasteiger partial charge is 0.457 e. The Hall–Kier alpha value is -4.40. The van der Waals surface area contributed by atoms with E-state index >= 15 is 0 Å². The molecule has 9 heteroatoms. The average molecular weight is 609 g/mol. The van der Waals surface area contributed by atoms with Gasteiger partial charge in [-0.2, -0.15) is 0 Å². The fraction of sp³-hybridized carbons (Fsp3) is 0.286. The Kier molecular flexibility index (Phi) is 9.39. The lowest BCUT2D eigenvalue weighted by molar-refractivity contribution is -0.127. The molecule has 0 bridgehead atoms. The summed E-state index contributed by atoms with van der Waals surface area (Å²) in [6.45, 7) is 7.84. The van der Waals surface area contributed by atoms with Gasteiger partial charge in [0.1, 0.15) is 23.1 Å². The van der Waals surface area contributed by atoms with Gasteiger partial charge in [0.05, 0.1) is 6.04 Å². The minimum atomic E-state index is 0.0748. The van der Waals surface area contributed by atoms with E-state index in [0.29, 0.717) is 10.8 Å². The van der Waals surface area contributed by atoms with Crippen molar-refractivity contribution in [1.29, 1.82) is 0 Å². The molecule has 44 heavy (non-hydrogen) atoms. The molecule has 1 unspecified atom stereocenters. The molecule has 0 saturated carbocycles. The normalized spacial score (nSPS) is 17.0. The molecule has 0 radical (unpaired) electrons. The molecular formula is C35H37ClN6O2. The Labute approximate surface area is 263 Å². The van der Waals surface area contributed by atoms with Crippen molar-refractivity contribution >= 4 is 35.1 Å². The first-order chi connectivity index (χ1) is 21.5. The number of fused-ring (bicyclic) bond motifs is 1. The highest BCUT2D eigenvalue weighted by molar-refractivity contribution is 6.30. The molecule has 3 aromatic carbocycles. The first-order valence-corrected chi connectivity index (χ1v) is 15.5. The van der Waals surface area contributed by atoms with Crippen LogP contribution < -0.4 is 15.0 Å². The topological polar surface area (TPSA) is 73.8 Å². The van der Waals surface area contributed by atoms with Crippen LogP contribution in [-0.4, -0.2) is 71.5 Å². The summed E-state index contributed by atoms with van der Waals surface area (Å²) in [5.74, 6) is 3.27. The molecule has 8 nitrogen and oxygen atoms in total. The van der Waals surface area contributed by atoms with Crippen LogP contribution in [0.2, 0.25) is 5.02 Å². The number of hydrogen-bond acceptors (Lipinski definition) is 7. The summed E-state index contributed by atoms with van der Waals surface area (Å²) in [6.07, 6.45) is 6.46. The predicted molar refractivity (Wildman–Crippen MR) is 176 cm³/mol. The number of benzene rings is 3. The van der Waals surface area contributed by atoms with Gasteiger partial charge in [-0.25, -0.2) is 9.97 Å². The highest BCUT2D eigenvalue weighted by Crippen LogP contribution is 2.35. The Morgan fingerprint density at radius 1 is 0.955 bits per heavy atom. The van der Waals surface area contributed by atoms with Crippen LogP contribution in [0.4, 0.5) is 11.5 Å². The van der Waals surface area contributed by atoms with E-state index in [-0.39, 0.29) is 11.9 Å². The smallest absolute Gasteiger partial charge is 0.246 e. The van der Waals surface area contributed by atoms with Crippen molar-refractivity contribution < 1.29 is 9.53 Å². The van der Waals surface area contributed by atoms with Gasteiger partial charge in [0.25, 0.3) is 0 Å². The van der Waals surface area contributed by atoms with E-state index < -0.39 is 0 Å². The highest BCUT2D eigenvalue weighted by atomic mass is 35.5. The first kappa shape index (κ1) is 29.7. The van der Waals surface area contributed by atoms with Gasteiger partial charge in [0, 0.05) is 80.4 Å². The van der Waals surface area contributed by atoms with Crippen LogP contribution in [0.1, 0.15) is 29.4 Å². The van der Waals surface area contributed by atoms with E-state index in [4.69, 9.17) is 21.3 Å². The molecule has 1 amide bonds. The zero-order valence-electron chi connectivity index (χ0n) is 24.9. The molecule has 4 aromatic rings. The molecule has 1 atom stereocenters. The van der Waals surface area contributed by atoms with Gasteiger partial charge in [0.15, 0.2) is 0 Å². The number of amides is 1. The molecule has 2 aliphatic rings. The fourth-order valence-corrected chi connectivity index (χ4v) is 5.87. The second-order valence-electron chi connectivity index (χ2n) is 11.2. The number of halogens is 1. The van der Waals surface area contributed by atoms with Crippen LogP contribution in [0.5, 0.6) is 11.5 Å². The second kappa shape index (κ2) is 13.9. The molecule has 1 N–H and O–H groups in total. The van der Waals surface area contributed by atoms with Gasteiger partial charge >= 0.3 is 0 Å². The van der Waals surface area contributed by atoms with E-state index in [2.05, 4.69) is 20.1 Å². The van der Waals surface area contributed by atoms with Crippen LogP contribution in [-0.2, 0) is 4.79 Å². The Balaban J connectivity index is 1.04. The summed E-state index contributed by atoms with van der Waals surface area (Å²) in [4.78, 5) is 28.9. The van der Waals surface area contributed by atoms with Crippen LogP contribution in [0, 0.1) is 6.92 Å². The summed E-state index contributed by atoms with van der Waals surface area (Å²) in [5, 5.41) is 4.33. The van der Waals surface area contributed by atoms with E-state index in [1.807, 2.05) is 96.9 Å². The van der Waals surface area contributed by atoms with Crippen LogP contribution >= 0.6 is 11.6 Å². The molecule has 2 aliphatic heterocycles. The summed E-state index contributed by atoms with van der Waals surface area (Å²) in [7, 11) is 0. The third kappa shape index (κ3) is 7.56. The maximum absolute atomic E-state index is 12.7. The fourth-order valence-electron chi connectivity index (χ4n) is 5.69. The number of aryl methyl sites for hydroxylation is 1. The zero-order chi connectivity index (χ0) is 30.3. The molecule has 6 rings (SSSR count). The number of nitrogens with zero attached hydrogens (tertiary/aromatic N) is 5. The molecule has 0 spiro atoms. The monoisotopic (exact) mass is 608 g/mol. The maximum Gasteiger partial charge on any atom is 0.246 e. The van der Waals surface area contributed by atoms with Crippen molar-refractivity contribution in [1.82, 2.24) is 19.8 Å². The van der Waals surface area contributed by atoms with Crippen molar-refractivity contribution in [3.63, 3.8) is 0 Å². The van der Waals surface area contributed by atoms with Crippen LogP contribution in [0.3, 0.4) is 0 Å². The molecule has 1 aromatic heterocycles. The van der Waals surface area contributed by atoms with Gasteiger partial charge in [-0.1, -0.05) is 54.1 Å². The minimum absolute atomic E-state index is 0.0748. The minimum Gasteiger partial charge on any atom is -0.457 e. The van der Waals surface area contributed by atoms with Crippen molar-refractivity contribution in [2.24, 2.45) is 0 Å². The third-order valence-corrected chi connectivity index (χ3v) is 8.31. The quantitative estimate of drug-likeness (QED) is 0.219. The van der Waals surface area contributed by atoms with Crippen LogP contribution in [0.25, 0.3) is 6.08 Å². The highest BCUT2D eigenvalue weighted by Gasteiger charge is 2.28. The number of carbonyl (C=O) groups is 1. The van der Waals surface area contributed by atoms with Gasteiger partial charge in [0.2, 0.25) is 5.91 Å². The van der Waals surface area contributed by atoms with Gasteiger partial charge < -0.3 is 19.9 Å². The molecule has 1 fully saturated rings. The number of ether oxygens (including phenoxy) is 1. The Morgan fingerprint density at radius 2 is 1.73 bits per heavy atom. The molecular weight excluding hydrogens is 572 g/mol. The number of aromatic nitrogens is 2. The molecule has 3 heterocycles. The lowest BCUT2D eigenvalue weighted by Crippen LogP contribution is -2.50. The number of piperazine rings is 1. The molecule has 226 valence electrons. The number of carbonyl (C=O) groups excluding carboxylic acids is 1. The van der Waals surface area contributed by atoms with E-state index in [0.717, 1.165) is 86.4 Å². The lowest BCUT2D eigenvalue weighted by Gasteiger charge is -2.38. The maximum atomic E-state index is 12.7. The van der Waals surface area contributed by atoms with Crippen LogP contribution in [0.15, 0.2) is 91.1 Å². The zero-order valence-corrected chi connectivity index (χ0v) is 25.7. The molecule has 0 aliphatic carbocycles. The summed E-state index contributed by atoms with van der Waals surface area (Å²) < 4.78 is 6.04. The van der Waals surface area contributed by atoms with E-state index in [9.17, 15) is 4.79 Å². The summed E-state index contributed by atoms with van der Waals surface area (Å²) >= 11 is 6.13.